The van der Waals surface area contributed by atoms with E-state index in [4.69, 9.17) is 10.5 Å². The maximum absolute atomic E-state index is 12.3. The lowest BCUT2D eigenvalue weighted by molar-refractivity contribution is -0.0650. The lowest BCUT2D eigenvalue weighted by Gasteiger charge is -2.45. The Labute approximate surface area is 123 Å². The predicted octanol–water partition coefficient (Wildman–Crippen LogP) is 2.06. The van der Waals surface area contributed by atoms with Crippen LogP contribution in [0.4, 0.5) is 4.79 Å². The summed E-state index contributed by atoms with van der Waals surface area (Å²) in [6, 6.07) is 9.75. The molecule has 3 atom stereocenters. The number of rotatable bonds is 2. The van der Waals surface area contributed by atoms with Crippen molar-refractivity contribution in [3.63, 3.8) is 0 Å². The van der Waals surface area contributed by atoms with Gasteiger partial charge in [-0.3, -0.25) is 0 Å². The summed E-state index contributed by atoms with van der Waals surface area (Å²) in [6.07, 6.45) is 4.16. The number of amidine groups is 1. The van der Waals surface area contributed by atoms with Crippen LogP contribution in [0.3, 0.4) is 0 Å². The fourth-order valence-electron chi connectivity index (χ4n) is 3.96. The monoisotopic (exact) mass is 285 g/mol. The number of amides is 2. The average Bonchev–Trinajstić information content (AvgIpc) is 2.99. The summed E-state index contributed by atoms with van der Waals surface area (Å²) < 4.78 is 6.07. The molecule has 2 amide bonds. The number of hydrogen-bond donors (Lipinski definition) is 1. The standard InChI is InChI=1S/C16H19N3O2/c17-14-16(9-8-12-6-7-13(16)21-12)19(15(20)18-14)10-11-4-2-1-3-5-11/h1-5,12-13H,6-10H2,(H2,17,18,20). The highest BCUT2D eigenvalue weighted by Gasteiger charge is 2.58. The smallest absolute Gasteiger partial charge is 0.346 e. The van der Waals surface area contributed by atoms with Crippen molar-refractivity contribution in [1.29, 1.82) is 0 Å². The summed E-state index contributed by atoms with van der Waals surface area (Å²) in [5, 5.41) is 0. The zero-order valence-corrected chi connectivity index (χ0v) is 11.9. The number of hydrogen-bond acceptors (Lipinski definition) is 3. The number of nitrogens with zero attached hydrogens (tertiary/aromatic N) is 2. The number of urea groups is 1. The fraction of sp³-hybridized carbons (Fsp3) is 0.500. The first-order valence-corrected chi connectivity index (χ1v) is 7.56. The van der Waals surface area contributed by atoms with Gasteiger partial charge in [0.1, 0.15) is 11.4 Å². The molecule has 1 aromatic carbocycles. The number of nitrogens with two attached hydrogens (primary N) is 1. The molecular weight excluding hydrogens is 266 g/mol. The summed E-state index contributed by atoms with van der Waals surface area (Å²) >= 11 is 0. The van der Waals surface area contributed by atoms with Crippen molar-refractivity contribution in [2.45, 2.75) is 50.0 Å². The first kappa shape index (κ1) is 12.8. The largest absolute Gasteiger partial charge is 0.385 e. The Morgan fingerprint density at radius 1 is 1.29 bits per heavy atom. The van der Waals surface area contributed by atoms with Crippen LogP contribution in [0.25, 0.3) is 0 Å². The Morgan fingerprint density at radius 3 is 2.90 bits per heavy atom. The zero-order chi connectivity index (χ0) is 14.4. The molecule has 1 spiro atoms. The lowest BCUT2D eigenvalue weighted by Crippen LogP contribution is -2.62. The Kier molecular flexibility index (Phi) is 2.79. The third-order valence-electron chi connectivity index (χ3n) is 5.04. The van der Waals surface area contributed by atoms with Crippen LogP contribution in [0.15, 0.2) is 35.3 Å². The van der Waals surface area contributed by atoms with Gasteiger partial charge in [0, 0.05) is 6.54 Å². The summed E-state index contributed by atoms with van der Waals surface area (Å²) in [7, 11) is 0. The molecule has 1 aromatic rings. The van der Waals surface area contributed by atoms with Gasteiger partial charge < -0.3 is 15.4 Å². The SMILES string of the molecule is NC1=NC(=O)N(Cc2ccccc2)C12CCC1CCC2O1. The summed E-state index contributed by atoms with van der Waals surface area (Å²) in [5.74, 6) is 0.439. The Balaban J connectivity index is 1.69. The van der Waals surface area contributed by atoms with Crippen molar-refractivity contribution < 1.29 is 9.53 Å². The molecule has 0 radical (unpaired) electrons. The molecule has 4 rings (SSSR count). The molecule has 3 unspecified atom stereocenters. The topological polar surface area (TPSA) is 67.9 Å². The summed E-state index contributed by atoms with van der Waals surface area (Å²) in [6.45, 7) is 0.536. The second-order valence-corrected chi connectivity index (χ2v) is 6.14. The molecule has 3 aliphatic rings. The number of carbonyl (C=O) groups is 1. The molecule has 3 aliphatic heterocycles. The fourth-order valence-corrected chi connectivity index (χ4v) is 3.96. The van der Waals surface area contributed by atoms with Crippen molar-refractivity contribution in [3.8, 4) is 0 Å². The van der Waals surface area contributed by atoms with Crippen LogP contribution < -0.4 is 5.73 Å². The van der Waals surface area contributed by atoms with Crippen LogP contribution in [0.1, 0.15) is 31.2 Å². The van der Waals surface area contributed by atoms with Crippen LogP contribution >= 0.6 is 0 Å². The molecule has 2 fully saturated rings. The third-order valence-corrected chi connectivity index (χ3v) is 5.04. The van der Waals surface area contributed by atoms with E-state index in [1.165, 1.54) is 0 Å². The van der Waals surface area contributed by atoms with Crippen molar-refractivity contribution >= 4 is 11.9 Å². The minimum atomic E-state index is -0.528. The third kappa shape index (κ3) is 1.80. The van der Waals surface area contributed by atoms with Crippen LogP contribution in [0, 0.1) is 0 Å². The van der Waals surface area contributed by atoms with E-state index in [9.17, 15) is 4.79 Å². The number of benzene rings is 1. The second kappa shape index (κ2) is 4.56. The number of ether oxygens (including phenoxy) is 1. The van der Waals surface area contributed by atoms with Crippen molar-refractivity contribution in [2.75, 3.05) is 0 Å². The molecule has 3 heterocycles. The summed E-state index contributed by atoms with van der Waals surface area (Å²) in [5.41, 5.74) is 6.74. The normalized spacial score (nSPS) is 34.6. The van der Waals surface area contributed by atoms with Gasteiger partial charge in [-0.2, -0.15) is 4.99 Å². The van der Waals surface area contributed by atoms with Crippen LogP contribution in [-0.2, 0) is 11.3 Å². The maximum atomic E-state index is 12.3. The molecule has 2 saturated heterocycles. The predicted molar refractivity (Wildman–Crippen MR) is 78.9 cm³/mol. The van der Waals surface area contributed by atoms with E-state index in [0.29, 0.717) is 18.5 Å². The number of aliphatic imine (C=N–C) groups is 1. The highest BCUT2D eigenvalue weighted by Crippen LogP contribution is 2.45. The first-order chi connectivity index (χ1) is 10.2. The molecule has 0 saturated carbocycles. The van der Waals surface area contributed by atoms with Gasteiger partial charge in [0.05, 0.1) is 12.2 Å². The van der Waals surface area contributed by atoms with Crippen molar-refractivity contribution in [1.82, 2.24) is 4.90 Å². The highest BCUT2D eigenvalue weighted by atomic mass is 16.5. The van der Waals surface area contributed by atoms with Gasteiger partial charge in [0.15, 0.2) is 0 Å². The molecule has 2 bridgehead atoms. The highest BCUT2D eigenvalue weighted by molar-refractivity contribution is 6.06. The van der Waals surface area contributed by atoms with E-state index in [1.807, 2.05) is 35.2 Å². The number of fused-ring (bicyclic) bond motifs is 3. The minimum Gasteiger partial charge on any atom is -0.385 e. The van der Waals surface area contributed by atoms with Crippen molar-refractivity contribution in [2.24, 2.45) is 10.7 Å². The average molecular weight is 285 g/mol. The van der Waals surface area contributed by atoms with Gasteiger partial charge in [0.25, 0.3) is 0 Å². The quantitative estimate of drug-likeness (QED) is 0.904. The Hall–Kier alpha value is -1.88. The van der Waals surface area contributed by atoms with E-state index >= 15 is 0 Å². The first-order valence-electron chi connectivity index (χ1n) is 7.56. The zero-order valence-electron chi connectivity index (χ0n) is 11.9. The van der Waals surface area contributed by atoms with E-state index in [2.05, 4.69) is 4.99 Å². The lowest BCUT2D eigenvalue weighted by atomic mass is 9.83. The molecule has 2 N–H and O–H groups in total. The van der Waals surface area contributed by atoms with E-state index in [-0.39, 0.29) is 12.1 Å². The molecule has 110 valence electrons. The van der Waals surface area contributed by atoms with Gasteiger partial charge in [-0.15, -0.1) is 0 Å². The van der Waals surface area contributed by atoms with Gasteiger partial charge >= 0.3 is 6.03 Å². The van der Waals surface area contributed by atoms with Gasteiger partial charge in [-0.25, -0.2) is 4.79 Å². The molecule has 0 aliphatic carbocycles. The maximum Gasteiger partial charge on any atom is 0.346 e. The van der Waals surface area contributed by atoms with Crippen LogP contribution in [0.2, 0.25) is 0 Å². The molecular formula is C16H19N3O2. The minimum absolute atomic E-state index is 0.00448. The molecule has 21 heavy (non-hydrogen) atoms. The van der Waals surface area contributed by atoms with Gasteiger partial charge in [-0.05, 0) is 31.2 Å². The van der Waals surface area contributed by atoms with E-state index in [0.717, 1.165) is 31.2 Å². The second-order valence-electron chi connectivity index (χ2n) is 6.14. The summed E-state index contributed by atoms with van der Waals surface area (Å²) in [4.78, 5) is 18.2. The van der Waals surface area contributed by atoms with Gasteiger partial charge in [0.2, 0.25) is 0 Å². The molecule has 0 aromatic heterocycles. The van der Waals surface area contributed by atoms with Crippen LogP contribution in [0.5, 0.6) is 0 Å². The molecule has 5 heteroatoms. The Bertz CT molecular complexity index is 601. The van der Waals surface area contributed by atoms with E-state index in [1.54, 1.807) is 0 Å². The Morgan fingerprint density at radius 2 is 2.10 bits per heavy atom. The number of carbonyl (C=O) groups excluding carboxylic acids is 1. The van der Waals surface area contributed by atoms with Gasteiger partial charge in [-0.1, -0.05) is 30.3 Å². The van der Waals surface area contributed by atoms with Crippen LogP contribution in [-0.4, -0.2) is 34.5 Å². The van der Waals surface area contributed by atoms with Crippen molar-refractivity contribution in [3.05, 3.63) is 35.9 Å². The van der Waals surface area contributed by atoms with E-state index < -0.39 is 5.54 Å². The molecule has 5 nitrogen and oxygen atoms in total.